The molecular weight excluding hydrogens is 254 g/mol. The normalized spacial score (nSPS) is 16.9. The summed E-state index contributed by atoms with van der Waals surface area (Å²) in [5.41, 5.74) is 0.596. The van der Waals surface area contributed by atoms with E-state index >= 15 is 0 Å². The topological polar surface area (TPSA) is 38.8 Å². The quantitative estimate of drug-likeness (QED) is 0.718. The second-order valence-electron chi connectivity index (χ2n) is 5.29. The number of carbonyl (C=O) groups excluding carboxylic acids is 1. The van der Waals surface area contributed by atoms with Gasteiger partial charge >= 0.3 is 0 Å². The van der Waals surface area contributed by atoms with Crippen LogP contribution in [-0.4, -0.2) is 44.0 Å². The third-order valence-electron chi connectivity index (χ3n) is 3.70. The summed E-state index contributed by atoms with van der Waals surface area (Å²) in [5, 5.41) is 0. The lowest BCUT2D eigenvalue weighted by molar-refractivity contribution is 0.112. The molecule has 2 rings (SSSR count). The van der Waals surface area contributed by atoms with Crippen molar-refractivity contribution in [1.82, 2.24) is 4.90 Å². The molecule has 0 spiro atoms. The van der Waals surface area contributed by atoms with E-state index < -0.39 is 0 Å². The maximum Gasteiger partial charge on any atom is 0.161 e. The van der Waals surface area contributed by atoms with E-state index in [1.54, 1.807) is 25.3 Å². The maximum atomic E-state index is 10.8. The van der Waals surface area contributed by atoms with Gasteiger partial charge in [-0.1, -0.05) is 0 Å². The van der Waals surface area contributed by atoms with E-state index in [4.69, 9.17) is 9.47 Å². The molecule has 0 aliphatic carbocycles. The highest BCUT2D eigenvalue weighted by molar-refractivity contribution is 5.76. The number of hydrogen-bond acceptors (Lipinski definition) is 4. The zero-order valence-electron chi connectivity index (χ0n) is 12.3. The minimum Gasteiger partial charge on any atom is -0.493 e. The van der Waals surface area contributed by atoms with E-state index in [2.05, 4.69) is 11.8 Å². The number of carbonyl (C=O) groups is 1. The first-order chi connectivity index (χ1) is 9.72. The van der Waals surface area contributed by atoms with Crippen molar-refractivity contribution in [2.45, 2.75) is 32.3 Å². The Labute approximate surface area is 120 Å². The van der Waals surface area contributed by atoms with E-state index in [1.807, 2.05) is 0 Å². The number of rotatable bonds is 7. The number of benzene rings is 1. The number of methoxy groups -OCH3 is 1. The lowest BCUT2D eigenvalue weighted by Crippen LogP contribution is -2.25. The van der Waals surface area contributed by atoms with Crippen molar-refractivity contribution in [2.75, 3.05) is 26.7 Å². The van der Waals surface area contributed by atoms with E-state index in [9.17, 15) is 4.79 Å². The summed E-state index contributed by atoms with van der Waals surface area (Å²) in [5.74, 6) is 1.31. The van der Waals surface area contributed by atoms with Crippen LogP contribution in [0.5, 0.6) is 11.5 Å². The lowest BCUT2D eigenvalue weighted by atomic mass is 10.2. The van der Waals surface area contributed by atoms with Gasteiger partial charge in [0, 0.05) is 12.1 Å². The van der Waals surface area contributed by atoms with Crippen molar-refractivity contribution in [3.05, 3.63) is 23.8 Å². The first-order valence-corrected chi connectivity index (χ1v) is 7.25. The molecule has 1 saturated heterocycles. The minimum atomic E-state index is 0.131. The molecule has 1 unspecified atom stereocenters. The summed E-state index contributed by atoms with van der Waals surface area (Å²) in [7, 11) is 1.59. The van der Waals surface area contributed by atoms with Gasteiger partial charge in [-0.2, -0.15) is 0 Å². The zero-order valence-corrected chi connectivity index (χ0v) is 12.3. The summed E-state index contributed by atoms with van der Waals surface area (Å²) in [6.07, 6.45) is 4.57. The Kier molecular flexibility index (Phi) is 5.41. The van der Waals surface area contributed by atoms with Gasteiger partial charge in [-0.25, -0.2) is 0 Å². The second kappa shape index (κ2) is 7.29. The van der Waals surface area contributed by atoms with Gasteiger partial charge in [0.05, 0.1) is 13.2 Å². The van der Waals surface area contributed by atoms with Crippen LogP contribution >= 0.6 is 0 Å². The van der Waals surface area contributed by atoms with Crippen LogP contribution in [0.1, 0.15) is 36.5 Å². The average Bonchev–Trinajstić information content (AvgIpc) is 2.99. The van der Waals surface area contributed by atoms with Crippen LogP contribution in [0.3, 0.4) is 0 Å². The van der Waals surface area contributed by atoms with Crippen LogP contribution in [0.25, 0.3) is 0 Å². The summed E-state index contributed by atoms with van der Waals surface area (Å²) < 4.78 is 11.2. The number of hydrogen-bond donors (Lipinski definition) is 0. The fourth-order valence-corrected chi connectivity index (χ4v) is 2.50. The number of likely N-dealkylation sites (tertiary alicyclic amines) is 1. The smallest absolute Gasteiger partial charge is 0.161 e. The van der Waals surface area contributed by atoms with Crippen molar-refractivity contribution in [2.24, 2.45) is 0 Å². The lowest BCUT2D eigenvalue weighted by Gasteiger charge is -2.20. The fourth-order valence-electron chi connectivity index (χ4n) is 2.50. The predicted octanol–water partition coefficient (Wildman–Crippen LogP) is 2.76. The maximum absolute atomic E-state index is 10.8. The van der Waals surface area contributed by atoms with Crippen molar-refractivity contribution < 1.29 is 14.3 Å². The van der Waals surface area contributed by atoms with E-state index in [0.29, 0.717) is 17.1 Å². The van der Waals surface area contributed by atoms with Crippen LogP contribution in [0.2, 0.25) is 0 Å². The first kappa shape index (κ1) is 14.9. The van der Waals surface area contributed by atoms with Crippen LogP contribution in [0.15, 0.2) is 18.2 Å². The molecule has 0 aromatic heterocycles. The largest absolute Gasteiger partial charge is 0.493 e. The highest BCUT2D eigenvalue weighted by Crippen LogP contribution is 2.29. The van der Waals surface area contributed by atoms with E-state index in [0.717, 1.165) is 19.3 Å². The fraction of sp³-hybridized carbons (Fsp3) is 0.562. The van der Waals surface area contributed by atoms with Crippen LogP contribution in [0, 0.1) is 0 Å². The molecule has 4 heteroatoms. The van der Waals surface area contributed by atoms with Crippen molar-refractivity contribution in [3.63, 3.8) is 0 Å². The molecule has 0 N–H and O–H groups in total. The molecule has 110 valence electrons. The van der Waals surface area contributed by atoms with Gasteiger partial charge in [-0.15, -0.1) is 0 Å². The molecule has 1 aliphatic heterocycles. The number of ether oxygens (including phenoxy) is 2. The van der Waals surface area contributed by atoms with Gasteiger partial charge < -0.3 is 14.4 Å². The Morgan fingerprint density at radius 2 is 2.05 bits per heavy atom. The van der Waals surface area contributed by atoms with Gasteiger partial charge in [0.1, 0.15) is 6.29 Å². The molecule has 1 aromatic rings. The van der Waals surface area contributed by atoms with Gasteiger partial charge in [-0.05, 0) is 57.5 Å². The Morgan fingerprint density at radius 3 is 2.70 bits per heavy atom. The van der Waals surface area contributed by atoms with E-state index in [-0.39, 0.29) is 6.10 Å². The monoisotopic (exact) mass is 277 g/mol. The predicted molar refractivity (Wildman–Crippen MR) is 78.8 cm³/mol. The summed E-state index contributed by atoms with van der Waals surface area (Å²) in [6, 6.07) is 5.25. The van der Waals surface area contributed by atoms with Crippen LogP contribution in [-0.2, 0) is 0 Å². The molecule has 0 radical (unpaired) electrons. The Bertz CT molecular complexity index is 441. The zero-order chi connectivity index (χ0) is 14.4. The third kappa shape index (κ3) is 3.97. The highest BCUT2D eigenvalue weighted by atomic mass is 16.5. The van der Waals surface area contributed by atoms with Gasteiger partial charge in [-0.3, -0.25) is 4.79 Å². The summed E-state index contributed by atoms with van der Waals surface area (Å²) in [6.45, 7) is 5.58. The molecule has 1 aliphatic rings. The Morgan fingerprint density at radius 1 is 1.30 bits per heavy atom. The molecule has 0 saturated carbocycles. The molecule has 1 heterocycles. The van der Waals surface area contributed by atoms with Crippen LogP contribution < -0.4 is 9.47 Å². The standard InChI is InChI=1S/C16H23NO3/c1-13(7-10-17-8-3-4-9-17)20-15-6-5-14(12-18)11-16(15)19-2/h5-6,11-13H,3-4,7-10H2,1-2H3. The molecular formula is C16H23NO3. The van der Waals surface area contributed by atoms with E-state index in [1.165, 1.54) is 25.9 Å². The minimum absolute atomic E-state index is 0.131. The van der Waals surface area contributed by atoms with Crippen molar-refractivity contribution >= 4 is 6.29 Å². The van der Waals surface area contributed by atoms with Gasteiger partial charge in [0.25, 0.3) is 0 Å². The molecule has 0 amide bonds. The second-order valence-corrected chi connectivity index (χ2v) is 5.29. The van der Waals surface area contributed by atoms with Crippen molar-refractivity contribution in [1.29, 1.82) is 0 Å². The Balaban J connectivity index is 1.89. The van der Waals surface area contributed by atoms with Gasteiger partial charge in [0.2, 0.25) is 0 Å². The molecule has 0 bridgehead atoms. The molecule has 4 nitrogen and oxygen atoms in total. The molecule has 1 fully saturated rings. The number of aldehydes is 1. The average molecular weight is 277 g/mol. The SMILES string of the molecule is COc1cc(C=O)ccc1OC(C)CCN1CCCC1. The van der Waals surface area contributed by atoms with Crippen molar-refractivity contribution in [3.8, 4) is 11.5 Å². The highest BCUT2D eigenvalue weighted by Gasteiger charge is 2.14. The Hall–Kier alpha value is -1.55. The molecule has 1 aromatic carbocycles. The molecule has 1 atom stereocenters. The molecule has 20 heavy (non-hydrogen) atoms. The number of nitrogens with zero attached hydrogens (tertiary/aromatic N) is 1. The van der Waals surface area contributed by atoms with Crippen LogP contribution in [0.4, 0.5) is 0 Å². The third-order valence-corrected chi connectivity index (χ3v) is 3.70. The first-order valence-electron chi connectivity index (χ1n) is 7.25. The van der Waals surface area contributed by atoms with Gasteiger partial charge in [0.15, 0.2) is 11.5 Å². The summed E-state index contributed by atoms with van der Waals surface area (Å²) >= 11 is 0. The summed E-state index contributed by atoms with van der Waals surface area (Å²) in [4.78, 5) is 13.2.